The number of aromatic nitrogens is 1. The first-order valence-corrected chi connectivity index (χ1v) is 5.45. The highest BCUT2D eigenvalue weighted by Crippen LogP contribution is 2.23. The summed E-state index contributed by atoms with van der Waals surface area (Å²) in [5.41, 5.74) is 1.49. The van der Waals surface area contributed by atoms with Crippen molar-refractivity contribution in [3.8, 4) is 6.07 Å². The van der Waals surface area contributed by atoms with E-state index in [2.05, 4.69) is 11.1 Å². The number of halogens is 1. The van der Waals surface area contributed by atoms with E-state index in [0.717, 1.165) is 5.69 Å². The summed E-state index contributed by atoms with van der Waals surface area (Å²) in [5.74, 6) is 0.653. The maximum atomic E-state index is 8.88. The molecule has 0 saturated heterocycles. The lowest BCUT2D eigenvalue weighted by atomic mass is 10.2. The number of pyridine rings is 1. The van der Waals surface area contributed by atoms with Gasteiger partial charge >= 0.3 is 0 Å². The van der Waals surface area contributed by atoms with Crippen LogP contribution in [0, 0.1) is 11.3 Å². The number of nitriles is 1. The summed E-state index contributed by atoms with van der Waals surface area (Å²) in [5, 5.41) is 9.21. The minimum Gasteiger partial charge on any atom is -0.329 e. The molecule has 2 aromatic rings. The molecule has 1 heterocycles. The zero-order valence-electron chi connectivity index (χ0n) is 9.26. The number of nitrogens with zero attached hydrogens (tertiary/aromatic N) is 3. The topological polar surface area (TPSA) is 39.9 Å². The van der Waals surface area contributed by atoms with Crippen molar-refractivity contribution in [3.63, 3.8) is 0 Å². The molecule has 2 rings (SSSR count). The Kier molecular flexibility index (Phi) is 3.27. The first-order valence-electron chi connectivity index (χ1n) is 5.07. The Hall–Kier alpha value is -2.05. The van der Waals surface area contributed by atoms with Crippen molar-refractivity contribution in [3.05, 3.63) is 53.2 Å². The van der Waals surface area contributed by atoms with E-state index >= 15 is 0 Å². The predicted molar refractivity (Wildman–Crippen MR) is 68.5 cm³/mol. The molecule has 0 amide bonds. The van der Waals surface area contributed by atoms with Gasteiger partial charge in [-0.2, -0.15) is 5.26 Å². The van der Waals surface area contributed by atoms with Crippen LogP contribution in [0.5, 0.6) is 0 Å². The van der Waals surface area contributed by atoms with Gasteiger partial charge in [0.25, 0.3) is 0 Å². The molecule has 0 atom stereocenters. The van der Waals surface area contributed by atoms with Gasteiger partial charge in [0.2, 0.25) is 0 Å². The van der Waals surface area contributed by atoms with Crippen molar-refractivity contribution >= 4 is 23.1 Å². The van der Waals surface area contributed by atoms with Gasteiger partial charge in [-0.3, -0.25) is 0 Å². The molecule has 84 valence electrons. The highest BCUT2D eigenvalue weighted by molar-refractivity contribution is 6.29. The zero-order valence-corrected chi connectivity index (χ0v) is 10.0. The van der Waals surface area contributed by atoms with Crippen LogP contribution in [-0.4, -0.2) is 12.0 Å². The third kappa shape index (κ3) is 2.55. The van der Waals surface area contributed by atoms with Gasteiger partial charge in [-0.25, -0.2) is 4.98 Å². The molecule has 0 aliphatic rings. The molecule has 1 aromatic carbocycles. The van der Waals surface area contributed by atoms with Gasteiger partial charge in [-0.1, -0.05) is 29.8 Å². The number of hydrogen-bond acceptors (Lipinski definition) is 3. The van der Waals surface area contributed by atoms with Gasteiger partial charge in [0.05, 0.1) is 11.6 Å². The molecule has 0 aliphatic heterocycles. The highest BCUT2D eigenvalue weighted by atomic mass is 35.5. The second-order valence-electron chi connectivity index (χ2n) is 3.54. The van der Waals surface area contributed by atoms with E-state index < -0.39 is 0 Å². The van der Waals surface area contributed by atoms with E-state index in [-0.39, 0.29) is 0 Å². The normalized spacial score (nSPS) is 9.71. The molecular weight excluding hydrogens is 234 g/mol. The monoisotopic (exact) mass is 243 g/mol. The van der Waals surface area contributed by atoms with Crippen LogP contribution in [0.15, 0.2) is 42.5 Å². The Balaban J connectivity index is 2.41. The van der Waals surface area contributed by atoms with Crippen LogP contribution >= 0.6 is 11.6 Å². The quantitative estimate of drug-likeness (QED) is 0.760. The zero-order chi connectivity index (χ0) is 12.3. The first-order chi connectivity index (χ1) is 8.20. The number of hydrogen-bond donors (Lipinski definition) is 0. The molecule has 0 aliphatic carbocycles. The molecule has 0 N–H and O–H groups in total. The van der Waals surface area contributed by atoms with Crippen LogP contribution < -0.4 is 4.90 Å². The molecule has 0 radical (unpaired) electrons. The number of benzene rings is 1. The third-order valence-electron chi connectivity index (χ3n) is 2.40. The van der Waals surface area contributed by atoms with E-state index in [1.807, 2.05) is 42.3 Å². The molecule has 0 fully saturated rings. The Morgan fingerprint density at radius 2 is 1.94 bits per heavy atom. The minimum absolute atomic E-state index is 0.321. The summed E-state index contributed by atoms with van der Waals surface area (Å²) in [4.78, 5) is 6.08. The van der Waals surface area contributed by atoms with Crippen LogP contribution in [0.2, 0.25) is 5.15 Å². The van der Waals surface area contributed by atoms with Gasteiger partial charge in [-0.15, -0.1) is 0 Å². The minimum atomic E-state index is 0.321. The second-order valence-corrected chi connectivity index (χ2v) is 3.93. The van der Waals surface area contributed by atoms with Gasteiger partial charge in [0.1, 0.15) is 11.0 Å². The third-order valence-corrected chi connectivity index (χ3v) is 2.59. The highest BCUT2D eigenvalue weighted by Gasteiger charge is 2.07. The van der Waals surface area contributed by atoms with Gasteiger partial charge < -0.3 is 4.90 Å². The van der Waals surface area contributed by atoms with E-state index in [1.165, 1.54) is 0 Å². The maximum absolute atomic E-state index is 8.88. The van der Waals surface area contributed by atoms with Gasteiger partial charge in [0, 0.05) is 12.7 Å². The van der Waals surface area contributed by atoms with Crippen molar-refractivity contribution in [2.75, 3.05) is 11.9 Å². The number of rotatable bonds is 2. The molecule has 3 nitrogen and oxygen atoms in total. The van der Waals surface area contributed by atoms with E-state index in [9.17, 15) is 0 Å². The summed E-state index contributed by atoms with van der Waals surface area (Å²) in [7, 11) is 1.88. The number of para-hydroxylation sites is 1. The lowest BCUT2D eigenvalue weighted by Crippen LogP contribution is -2.11. The lowest BCUT2D eigenvalue weighted by molar-refractivity contribution is 1.12. The van der Waals surface area contributed by atoms with Crippen molar-refractivity contribution in [2.24, 2.45) is 0 Å². The molecule has 0 bridgehead atoms. The molecule has 0 spiro atoms. The number of anilines is 2. The largest absolute Gasteiger partial charge is 0.329 e. The molecule has 4 heteroatoms. The van der Waals surface area contributed by atoms with Crippen LogP contribution in [0.3, 0.4) is 0 Å². The van der Waals surface area contributed by atoms with Gasteiger partial charge in [0.15, 0.2) is 0 Å². The predicted octanol–water partition coefficient (Wildman–Crippen LogP) is 3.37. The van der Waals surface area contributed by atoms with E-state index in [4.69, 9.17) is 16.9 Å². The standard InChI is InChI=1S/C13H10ClN3/c1-17(11-5-3-2-4-6-11)13-8-10(9-15)7-12(14)16-13/h2-8H,1H3. The second kappa shape index (κ2) is 4.86. The maximum Gasteiger partial charge on any atom is 0.135 e. The summed E-state index contributed by atoms with van der Waals surface area (Å²) < 4.78 is 0. The fourth-order valence-electron chi connectivity index (χ4n) is 1.50. The van der Waals surface area contributed by atoms with Crippen molar-refractivity contribution in [2.45, 2.75) is 0 Å². The fourth-order valence-corrected chi connectivity index (χ4v) is 1.71. The summed E-state index contributed by atoms with van der Waals surface area (Å²) in [6.45, 7) is 0. The van der Waals surface area contributed by atoms with Crippen LogP contribution in [0.4, 0.5) is 11.5 Å². The van der Waals surface area contributed by atoms with Gasteiger partial charge in [-0.05, 0) is 24.3 Å². The molecule has 0 saturated carbocycles. The van der Waals surface area contributed by atoms with Crippen molar-refractivity contribution < 1.29 is 0 Å². The lowest BCUT2D eigenvalue weighted by Gasteiger charge is -2.18. The van der Waals surface area contributed by atoms with Crippen LogP contribution in [0.1, 0.15) is 5.56 Å². The van der Waals surface area contributed by atoms with Crippen LogP contribution in [-0.2, 0) is 0 Å². The molecule has 17 heavy (non-hydrogen) atoms. The van der Waals surface area contributed by atoms with E-state index in [1.54, 1.807) is 12.1 Å². The smallest absolute Gasteiger partial charge is 0.135 e. The van der Waals surface area contributed by atoms with Crippen molar-refractivity contribution in [1.29, 1.82) is 5.26 Å². The van der Waals surface area contributed by atoms with Crippen LogP contribution in [0.25, 0.3) is 0 Å². The summed E-state index contributed by atoms with van der Waals surface area (Å²) in [6.07, 6.45) is 0. The fraction of sp³-hybridized carbons (Fsp3) is 0.0769. The molecule has 1 aromatic heterocycles. The summed E-state index contributed by atoms with van der Waals surface area (Å²) >= 11 is 5.87. The first kappa shape index (κ1) is 11.4. The molecular formula is C13H10ClN3. The Morgan fingerprint density at radius 1 is 1.24 bits per heavy atom. The average molecular weight is 244 g/mol. The Labute approximate surface area is 105 Å². The average Bonchev–Trinajstić information content (AvgIpc) is 2.38. The SMILES string of the molecule is CN(c1ccccc1)c1cc(C#N)cc(Cl)n1. The Bertz CT molecular complexity index is 561. The molecule has 0 unspecified atom stereocenters. The Morgan fingerprint density at radius 3 is 2.59 bits per heavy atom. The summed E-state index contributed by atoms with van der Waals surface area (Å²) in [6, 6.07) is 15.1. The van der Waals surface area contributed by atoms with E-state index in [0.29, 0.717) is 16.5 Å². The van der Waals surface area contributed by atoms with Crippen molar-refractivity contribution in [1.82, 2.24) is 4.98 Å².